The Morgan fingerprint density at radius 1 is 1.26 bits per heavy atom. The van der Waals surface area contributed by atoms with Crippen molar-refractivity contribution in [3.05, 3.63) is 36.4 Å². The lowest BCUT2D eigenvalue weighted by Crippen LogP contribution is -2.06. The van der Waals surface area contributed by atoms with Crippen molar-refractivity contribution < 1.29 is 18.7 Å². The number of benzene rings is 1. The summed E-state index contributed by atoms with van der Waals surface area (Å²) in [4.78, 5) is 15.7. The molecular weight excluding hydrogens is 246 g/mol. The minimum atomic E-state index is -0.502. The summed E-state index contributed by atoms with van der Waals surface area (Å²) < 4.78 is 15.8. The van der Waals surface area contributed by atoms with E-state index in [0.717, 1.165) is 0 Å². The van der Waals surface area contributed by atoms with Crippen LogP contribution < -0.4 is 4.74 Å². The van der Waals surface area contributed by atoms with E-state index in [1.54, 1.807) is 6.92 Å². The van der Waals surface area contributed by atoms with Crippen molar-refractivity contribution in [3.8, 4) is 17.1 Å². The number of nitrogens with zero attached hydrogens (tertiary/aromatic N) is 1. The summed E-state index contributed by atoms with van der Waals surface area (Å²) in [6.45, 7) is 4.45. The van der Waals surface area contributed by atoms with E-state index < -0.39 is 5.97 Å². The highest BCUT2D eigenvalue weighted by molar-refractivity contribution is 5.94. The average Bonchev–Trinajstić information content (AvgIpc) is 2.89. The fourth-order valence-corrected chi connectivity index (χ4v) is 1.72. The van der Waals surface area contributed by atoms with E-state index in [9.17, 15) is 4.79 Å². The SMILES string of the molecule is CCOC(=O)c1ncoc1-c1ccccc1OCC. The lowest BCUT2D eigenvalue weighted by Gasteiger charge is -2.08. The summed E-state index contributed by atoms with van der Waals surface area (Å²) in [5.74, 6) is 0.507. The molecule has 1 aromatic heterocycles. The second-order valence-electron chi connectivity index (χ2n) is 3.68. The highest BCUT2D eigenvalue weighted by atomic mass is 16.5. The molecule has 0 N–H and O–H groups in total. The first-order valence-corrected chi connectivity index (χ1v) is 6.10. The normalized spacial score (nSPS) is 10.2. The molecule has 0 spiro atoms. The van der Waals surface area contributed by atoms with Crippen LogP contribution in [0.5, 0.6) is 5.75 Å². The van der Waals surface area contributed by atoms with Gasteiger partial charge in [-0.25, -0.2) is 9.78 Å². The third-order valence-corrected chi connectivity index (χ3v) is 2.47. The van der Waals surface area contributed by atoms with Gasteiger partial charge in [-0.2, -0.15) is 0 Å². The Bertz CT molecular complexity index is 562. The number of ether oxygens (including phenoxy) is 2. The monoisotopic (exact) mass is 261 g/mol. The number of hydrogen-bond acceptors (Lipinski definition) is 5. The van der Waals surface area contributed by atoms with Gasteiger partial charge in [0.25, 0.3) is 0 Å². The minimum Gasteiger partial charge on any atom is -0.493 e. The Morgan fingerprint density at radius 2 is 2.05 bits per heavy atom. The highest BCUT2D eigenvalue weighted by Gasteiger charge is 2.21. The van der Waals surface area contributed by atoms with Crippen LogP contribution >= 0.6 is 0 Å². The molecule has 19 heavy (non-hydrogen) atoms. The molecule has 0 aliphatic heterocycles. The first kappa shape index (κ1) is 13.1. The van der Waals surface area contributed by atoms with Gasteiger partial charge >= 0.3 is 5.97 Å². The smallest absolute Gasteiger partial charge is 0.360 e. The van der Waals surface area contributed by atoms with Crippen LogP contribution in [0.3, 0.4) is 0 Å². The Balaban J connectivity index is 2.42. The third kappa shape index (κ3) is 2.76. The molecule has 100 valence electrons. The van der Waals surface area contributed by atoms with Gasteiger partial charge in [0.05, 0.1) is 18.8 Å². The molecular formula is C14H15NO4. The predicted octanol–water partition coefficient (Wildman–Crippen LogP) is 2.92. The van der Waals surface area contributed by atoms with Crippen molar-refractivity contribution in [2.24, 2.45) is 0 Å². The van der Waals surface area contributed by atoms with Crippen molar-refractivity contribution in [2.75, 3.05) is 13.2 Å². The van der Waals surface area contributed by atoms with Gasteiger partial charge in [0.2, 0.25) is 0 Å². The fourth-order valence-electron chi connectivity index (χ4n) is 1.72. The largest absolute Gasteiger partial charge is 0.493 e. The summed E-state index contributed by atoms with van der Waals surface area (Å²) in [5, 5.41) is 0. The van der Waals surface area contributed by atoms with Crippen molar-refractivity contribution in [2.45, 2.75) is 13.8 Å². The van der Waals surface area contributed by atoms with Crippen LogP contribution in [0.4, 0.5) is 0 Å². The number of carbonyl (C=O) groups excluding carboxylic acids is 1. The van der Waals surface area contributed by atoms with Crippen LogP contribution in [0.2, 0.25) is 0 Å². The second kappa shape index (κ2) is 6.04. The predicted molar refractivity (Wildman–Crippen MR) is 69.1 cm³/mol. The number of hydrogen-bond donors (Lipinski definition) is 0. The third-order valence-electron chi connectivity index (χ3n) is 2.47. The molecule has 0 radical (unpaired) electrons. The van der Waals surface area contributed by atoms with E-state index in [-0.39, 0.29) is 12.3 Å². The molecule has 5 heteroatoms. The Morgan fingerprint density at radius 3 is 2.79 bits per heavy atom. The van der Waals surface area contributed by atoms with Crippen LogP contribution in [0.25, 0.3) is 11.3 Å². The maximum atomic E-state index is 11.8. The number of oxazole rings is 1. The van der Waals surface area contributed by atoms with Crippen molar-refractivity contribution in [1.82, 2.24) is 4.98 Å². The Hall–Kier alpha value is -2.30. The highest BCUT2D eigenvalue weighted by Crippen LogP contribution is 2.32. The number of para-hydroxylation sites is 1. The second-order valence-corrected chi connectivity index (χ2v) is 3.68. The van der Waals surface area contributed by atoms with E-state index in [4.69, 9.17) is 13.9 Å². The molecule has 1 heterocycles. The molecule has 0 aliphatic carbocycles. The standard InChI is InChI=1S/C14H15NO4/c1-3-17-11-8-6-5-7-10(11)13-12(15-9-19-13)14(16)18-4-2/h5-9H,3-4H2,1-2H3. The van der Waals surface area contributed by atoms with E-state index in [2.05, 4.69) is 4.98 Å². The van der Waals surface area contributed by atoms with E-state index >= 15 is 0 Å². The van der Waals surface area contributed by atoms with Crippen molar-refractivity contribution in [1.29, 1.82) is 0 Å². The Kier molecular flexibility index (Phi) is 4.18. The molecule has 0 unspecified atom stereocenters. The summed E-state index contributed by atoms with van der Waals surface area (Å²) in [7, 11) is 0. The molecule has 0 saturated carbocycles. The van der Waals surface area contributed by atoms with Gasteiger partial charge in [-0.15, -0.1) is 0 Å². The van der Waals surface area contributed by atoms with Crippen LogP contribution in [0.1, 0.15) is 24.3 Å². The summed E-state index contributed by atoms with van der Waals surface area (Å²) in [5.41, 5.74) is 0.846. The number of esters is 1. The van der Waals surface area contributed by atoms with Crippen molar-refractivity contribution in [3.63, 3.8) is 0 Å². The molecule has 2 rings (SSSR count). The van der Waals surface area contributed by atoms with Gasteiger partial charge in [-0.3, -0.25) is 0 Å². The van der Waals surface area contributed by atoms with Gasteiger partial charge in [-0.05, 0) is 26.0 Å². The quantitative estimate of drug-likeness (QED) is 0.774. The zero-order valence-corrected chi connectivity index (χ0v) is 10.9. The van der Waals surface area contributed by atoms with E-state index in [0.29, 0.717) is 23.7 Å². The maximum absolute atomic E-state index is 11.8. The average molecular weight is 261 g/mol. The van der Waals surface area contributed by atoms with Crippen molar-refractivity contribution >= 4 is 5.97 Å². The van der Waals surface area contributed by atoms with Crippen LogP contribution in [0.15, 0.2) is 35.1 Å². The molecule has 5 nitrogen and oxygen atoms in total. The first-order chi connectivity index (χ1) is 9.27. The molecule has 0 atom stereocenters. The maximum Gasteiger partial charge on any atom is 0.360 e. The van der Waals surface area contributed by atoms with Crippen LogP contribution in [-0.4, -0.2) is 24.2 Å². The van der Waals surface area contributed by atoms with E-state index in [1.165, 1.54) is 6.39 Å². The lowest BCUT2D eigenvalue weighted by atomic mass is 10.1. The zero-order chi connectivity index (χ0) is 13.7. The topological polar surface area (TPSA) is 61.6 Å². The molecule has 2 aromatic rings. The van der Waals surface area contributed by atoms with E-state index in [1.807, 2.05) is 31.2 Å². The summed E-state index contributed by atoms with van der Waals surface area (Å²) in [6.07, 6.45) is 1.23. The van der Waals surface area contributed by atoms with Gasteiger partial charge in [0, 0.05) is 0 Å². The van der Waals surface area contributed by atoms with Gasteiger partial charge in [0.15, 0.2) is 17.8 Å². The van der Waals surface area contributed by atoms with Gasteiger partial charge < -0.3 is 13.9 Å². The number of aromatic nitrogens is 1. The number of carbonyl (C=O) groups is 1. The lowest BCUT2D eigenvalue weighted by molar-refractivity contribution is 0.0520. The van der Waals surface area contributed by atoms with Crippen LogP contribution in [-0.2, 0) is 4.74 Å². The van der Waals surface area contributed by atoms with Gasteiger partial charge in [0.1, 0.15) is 5.75 Å². The summed E-state index contributed by atoms with van der Waals surface area (Å²) >= 11 is 0. The molecule has 0 aliphatic rings. The molecule has 0 fully saturated rings. The summed E-state index contributed by atoms with van der Waals surface area (Å²) in [6, 6.07) is 7.33. The Labute approximate surface area is 111 Å². The number of rotatable bonds is 5. The zero-order valence-electron chi connectivity index (χ0n) is 10.9. The molecule has 0 bridgehead atoms. The van der Waals surface area contributed by atoms with Gasteiger partial charge in [-0.1, -0.05) is 12.1 Å². The first-order valence-electron chi connectivity index (χ1n) is 6.10. The molecule has 0 amide bonds. The minimum absolute atomic E-state index is 0.161. The molecule has 1 aromatic carbocycles. The molecule has 0 saturated heterocycles. The van der Waals surface area contributed by atoms with Crippen LogP contribution in [0, 0.1) is 0 Å². The fraction of sp³-hybridized carbons (Fsp3) is 0.286.